The summed E-state index contributed by atoms with van der Waals surface area (Å²) in [5, 5.41) is 8.19. The number of hydrogen-bond acceptors (Lipinski definition) is 1. The fourth-order valence-corrected chi connectivity index (χ4v) is 0.546. The lowest BCUT2D eigenvalue weighted by Crippen LogP contribution is -1.64. The molecule has 9 heavy (non-hydrogen) atoms. The molecular weight excluding hydrogens is 112 g/mol. The van der Waals surface area contributed by atoms with Gasteiger partial charge in [0.25, 0.3) is 0 Å². The van der Waals surface area contributed by atoms with Crippen molar-refractivity contribution < 1.29 is 5.11 Å². The van der Waals surface area contributed by atoms with E-state index in [1.165, 1.54) is 12.8 Å². The first kappa shape index (κ1) is 8.28. The third-order valence-corrected chi connectivity index (χ3v) is 1.06. The van der Waals surface area contributed by atoms with E-state index in [-0.39, 0.29) is 0 Å². The first-order chi connectivity index (χ1) is 4.41. The molecule has 1 heteroatoms. The molecule has 0 saturated carbocycles. The van der Waals surface area contributed by atoms with Crippen LogP contribution in [0.2, 0.25) is 0 Å². The molecule has 0 heterocycles. The second kappa shape index (κ2) is 7.28. The molecule has 0 amide bonds. The Balaban J connectivity index is 3.04. The standard InChI is InChI=1S/C8H14O/c1-2-3-4-5-6-7-8-9/h5-9H,2-4H2,1H3/b6-5?,8-7+. The fourth-order valence-electron chi connectivity index (χ4n) is 0.546. The molecule has 0 unspecified atom stereocenters. The highest BCUT2D eigenvalue weighted by Crippen LogP contribution is 1.94. The Morgan fingerprint density at radius 2 is 2.11 bits per heavy atom. The van der Waals surface area contributed by atoms with Crippen molar-refractivity contribution in [1.29, 1.82) is 0 Å². The van der Waals surface area contributed by atoms with Crippen molar-refractivity contribution in [2.45, 2.75) is 26.2 Å². The minimum atomic E-state index is 1.04. The minimum absolute atomic E-state index is 1.04. The molecule has 0 rings (SSSR count). The molecule has 0 aromatic carbocycles. The monoisotopic (exact) mass is 126 g/mol. The zero-order chi connectivity index (χ0) is 6.95. The van der Waals surface area contributed by atoms with Crippen LogP contribution >= 0.6 is 0 Å². The van der Waals surface area contributed by atoms with E-state index in [1.807, 2.05) is 6.08 Å². The largest absolute Gasteiger partial charge is 0.516 e. The molecule has 0 spiro atoms. The summed E-state index contributed by atoms with van der Waals surface area (Å²) in [6.45, 7) is 2.16. The molecule has 0 bridgehead atoms. The second-order valence-electron chi connectivity index (χ2n) is 1.91. The summed E-state index contributed by atoms with van der Waals surface area (Å²) in [6, 6.07) is 0. The van der Waals surface area contributed by atoms with Gasteiger partial charge in [0.15, 0.2) is 0 Å². The molecule has 1 nitrogen and oxygen atoms in total. The highest BCUT2D eigenvalue weighted by molar-refractivity contribution is 4.98. The third kappa shape index (κ3) is 7.28. The maximum absolute atomic E-state index is 8.19. The molecule has 52 valence electrons. The summed E-state index contributed by atoms with van der Waals surface area (Å²) >= 11 is 0. The van der Waals surface area contributed by atoms with Crippen LogP contribution in [0.15, 0.2) is 24.5 Å². The Labute approximate surface area is 56.7 Å². The van der Waals surface area contributed by atoms with Gasteiger partial charge < -0.3 is 5.11 Å². The Kier molecular flexibility index (Phi) is 6.70. The summed E-state index contributed by atoms with van der Waals surface area (Å²) < 4.78 is 0. The Hall–Kier alpha value is -0.720. The molecule has 0 radical (unpaired) electrons. The van der Waals surface area contributed by atoms with Crippen LogP contribution in [0.25, 0.3) is 0 Å². The average Bonchev–Trinajstić information content (AvgIpc) is 1.89. The second-order valence-corrected chi connectivity index (χ2v) is 1.91. The van der Waals surface area contributed by atoms with Crippen molar-refractivity contribution in [2.75, 3.05) is 0 Å². The van der Waals surface area contributed by atoms with Crippen LogP contribution in [0, 0.1) is 0 Å². The van der Waals surface area contributed by atoms with Crippen molar-refractivity contribution >= 4 is 0 Å². The van der Waals surface area contributed by atoms with Crippen molar-refractivity contribution in [3.63, 3.8) is 0 Å². The van der Waals surface area contributed by atoms with Crippen LogP contribution in [-0.4, -0.2) is 5.11 Å². The predicted molar refractivity (Wildman–Crippen MR) is 40.4 cm³/mol. The van der Waals surface area contributed by atoms with Gasteiger partial charge in [-0.1, -0.05) is 31.9 Å². The van der Waals surface area contributed by atoms with Gasteiger partial charge in [-0.05, 0) is 12.5 Å². The number of aliphatic hydroxyl groups is 1. The summed E-state index contributed by atoms with van der Waals surface area (Å²) in [4.78, 5) is 0. The quantitative estimate of drug-likeness (QED) is 0.349. The molecule has 1 N–H and O–H groups in total. The molecule has 0 aromatic rings. The minimum Gasteiger partial charge on any atom is -0.516 e. The average molecular weight is 126 g/mol. The lowest BCUT2D eigenvalue weighted by Gasteiger charge is -1.84. The van der Waals surface area contributed by atoms with E-state index in [9.17, 15) is 0 Å². The van der Waals surface area contributed by atoms with E-state index >= 15 is 0 Å². The Morgan fingerprint density at radius 3 is 2.67 bits per heavy atom. The first-order valence-corrected chi connectivity index (χ1v) is 3.37. The van der Waals surface area contributed by atoms with Crippen LogP contribution in [0.5, 0.6) is 0 Å². The maximum atomic E-state index is 8.19. The van der Waals surface area contributed by atoms with Gasteiger partial charge in [0, 0.05) is 0 Å². The Bertz CT molecular complexity index is 92.7. The van der Waals surface area contributed by atoms with Gasteiger partial charge in [0.1, 0.15) is 0 Å². The van der Waals surface area contributed by atoms with Gasteiger partial charge in [-0.25, -0.2) is 0 Å². The van der Waals surface area contributed by atoms with Gasteiger partial charge in [0.2, 0.25) is 0 Å². The van der Waals surface area contributed by atoms with E-state index in [4.69, 9.17) is 5.11 Å². The molecule has 0 aliphatic carbocycles. The molecule has 0 aliphatic rings. The highest BCUT2D eigenvalue weighted by atomic mass is 16.2. The number of aliphatic hydroxyl groups excluding tert-OH is 1. The lowest BCUT2D eigenvalue weighted by molar-refractivity contribution is 0.473. The van der Waals surface area contributed by atoms with Crippen LogP contribution in [0.4, 0.5) is 0 Å². The third-order valence-electron chi connectivity index (χ3n) is 1.06. The maximum Gasteiger partial charge on any atom is 0.0791 e. The summed E-state index contributed by atoms with van der Waals surface area (Å²) in [5.74, 6) is 0. The van der Waals surface area contributed by atoms with Gasteiger partial charge >= 0.3 is 0 Å². The van der Waals surface area contributed by atoms with Gasteiger partial charge in [0.05, 0.1) is 6.26 Å². The van der Waals surface area contributed by atoms with E-state index in [0.717, 1.165) is 12.7 Å². The van der Waals surface area contributed by atoms with E-state index in [0.29, 0.717) is 0 Å². The fraction of sp³-hybridized carbons (Fsp3) is 0.500. The van der Waals surface area contributed by atoms with Gasteiger partial charge in [-0.3, -0.25) is 0 Å². The number of allylic oxidation sites excluding steroid dienone is 3. The van der Waals surface area contributed by atoms with E-state index in [1.54, 1.807) is 6.08 Å². The molecule has 0 saturated heterocycles. The van der Waals surface area contributed by atoms with E-state index in [2.05, 4.69) is 13.0 Å². The number of rotatable bonds is 4. The zero-order valence-corrected chi connectivity index (χ0v) is 5.88. The zero-order valence-electron chi connectivity index (χ0n) is 5.88. The van der Waals surface area contributed by atoms with E-state index < -0.39 is 0 Å². The SMILES string of the molecule is CCCCC=C/C=C/O. The van der Waals surface area contributed by atoms with Crippen molar-refractivity contribution in [1.82, 2.24) is 0 Å². The number of hydrogen-bond donors (Lipinski definition) is 1. The molecule has 0 atom stereocenters. The highest BCUT2D eigenvalue weighted by Gasteiger charge is 1.74. The topological polar surface area (TPSA) is 20.2 Å². The molecule has 0 aromatic heterocycles. The number of unbranched alkanes of at least 4 members (excludes halogenated alkanes) is 2. The van der Waals surface area contributed by atoms with Crippen LogP contribution in [0.3, 0.4) is 0 Å². The predicted octanol–water partition coefficient (Wildman–Crippen LogP) is 2.80. The summed E-state index contributed by atoms with van der Waals surface area (Å²) in [7, 11) is 0. The molecule has 0 aliphatic heterocycles. The summed E-state index contributed by atoms with van der Waals surface area (Å²) in [5.41, 5.74) is 0. The van der Waals surface area contributed by atoms with Gasteiger partial charge in [-0.2, -0.15) is 0 Å². The van der Waals surface area contributed by atoms with Crippen molar-refractivity contribution in [3.8, 4) is 0 Å². The molecule has 0 fully saturated rings. The normalized spacial score (nSPS) is 11.7. The first-order valence-electron chi connectivity index (χ1n) is 3.37. The van der Waals surface area contributed by atoms with Gasteiger partial charge in [-0.15, -0.1) is 0 Å². The van der Waals surface area contributed by atoms with Crippen LogP contribution < -0.4 is 0 Å². The summed E-state index contributed by atoms with van der Waals surface area (Å²) in [6.07, 6.45) is 10.1. The van der Waals surface area contributed by atoms with Crippen LogP contribution in [-0.2, 0) is 0 Å². The molecular formula is C8H14O. The van der Waals surface area contributed by atoms with Crippen LogP contribution in [0.1, 0.15) is 26.2 Å². The van der Waals surface area contributed by atoms with Crippen molar-refractivity contribution in [3.05, 3.63) is 24.5 Å². The lowest BCUT2D eigenvalue weighted by atomic mass is 10.2. The smallest absolute Gasteiger partial charge is 0.0791 e. The van der Waals surface area contributed by atoms with Crippen molar-refractivity contribution in [2.24, 2.45) is 0 Å². The Morgan fingerprint density at radius 1 is 1.33 bits per heavy atom.